The van der Waals surface area contributed by atoms with Crippen molar-refractivity contribution in [2.24, 2.45) is 67.7 Å². The van der Waals surface area contributed by atoms with E-state index in [2.05, 4.69) is 53.6 Å². The van der Waals surface area contributed by atoms with E-state index in [4.69, 9.17) is 4.84 Å². The molecule has 0 saturated heterocycles. The summed E-state index contributed by atoms with van der Waals surface area (Å²) in [4.78, 5) is 29.4. The standard InChI is InChI=1S/C36H52N2O5/c1-22(2)25-14-19-36(31(39)40)21-20-34(6)26(30(25)36)12-13-28-33(5)17-16-29(32(3,4)27(33)15-18-35(28,34)7)37-43-24-10-8-23(9-11-24)38(41)42/h8-11,22,25-28,30H,12-21H2,1-7H3,(H,39,40)/b37-29+/t25-,26-,27+,28-,30-,33+,34-,35-,36+/m1/s1. The van der Waals surface area contributed by atoms with Crippen LogP contribution >= 0.6 is 0 Å². The lowest BCUT2D eigenvalue weighted by molar-refractivity contribution is -0.384. The van der Waals surface area contributed by atoms with E-state index >= 15 is 0 Å². The predicted molar refractivity (Wildman–Crippen MR) is 168 cm³/mol. The van der Waals surface area contributed by atoms with Gasteiger partial charge in [0.15, 0.2) is 5.75 Å². The highest BCUT2D eigenvalue weighted by atomic mass is 16.6. The van der Waals surface area contributed by atoms with Crippen LogP contribution in [0.2, 0.25) is 0 Å². The number of carbonyl (C=O) groups is 1. The van der Waals surface area contributed by atoms with Crippen molar-refractivity contribution in [2.45, 2.75) is 113 Å². The molecule has 1 N–H and O–H groups in total. The van der Waals surface area contributed by atoms with Crippen LogP contribution in [0.15, 0.2) is 29.4 Å². The summed E-state index contributed by atoms with van der Waals surface area (Å²) < 4.78 is 0. The number of fused-ring (bicyclic) bond motifs is 7. The third-order valence-electron chi connectivity index (χ3n) is 14.9. The van der Waals surface area contributed by atoms with Gasteiger partial charge in [-0.3, -0.25) is 14.9 Å². The zero-order chi connectivity index (χ0) is 31.2. The largest absolute Gasteiger partial charge is 0.481 e. The van der Waals surface area contributed by atoms with E-state index in [1.54, 1.807) is 12.1 Å². The SMILES string of the molecule is CC(C)[C@H]1CC[C@]2(C(=O)O)CC[C@]3(C)[C@H](CC[C@@H]4[C@@]5(C)CC/C(=N\Oc6ccc([N+](=O)[O-])cc6)C(C)(C)[C@@H]5CC[C@]43C)[C@@H]12. The second kappa shape index (κ2) is 10.0. The van der Waals surface area contributed by atoms with Gasteiger partial charge in [-0.05, 0) is 128 Å². The van der Waals surface area contributed by atoms with Gasteiger partial charge in [-0.15, -0.1) is 0 Å². The molecule has 9 atom stereocenters. The second-order valence-corrected chi connectivity index (χ2v) is 16.7. The first-order valence-corrected chi connectivity index (χ1v) is 16.8. The van der Waals surface area contributed by atoms with Gasteiger partial charge in [0, 0.05) is 17.5 Å². The monoisotopic (exact) mass is 592 g/mol. The topological polar surface area (TPSA) is 102 Å². The molecule has 0 aliphatic heterocycles. The van der Waals surface area contributed by atoms with Gasteiger partial charge >= 0.3 is 5.97 Å². The van der Waals surface area contributed by atoms with Crippen molar-refractivity contribution >= 4 is 17.4 Å². The van der Waals surface area contributed by atoms with Crippen molar-refractivity contribution < 1.29 is 19.7 Å². The Hall–Kier alpha value is -2.44. The van der Waals surface area contributed by atoms with E-state index in [1.165, 1.54) is 25.0 Å². The third-order valence-corrected chi connectivity index (χ3v) is 14.9. The number of benzene rings is 1. The maximum absolute atomic E-state index is 12.9. The minimum atomic E-state index is -0.526. The molecule has 5 aliphatic carbocycles. The molecule has 0 aromatic heterocycles. The van der Waals surface area contributed by atoms with E-state index in [9.17, 15) is 20.0 Å². The van der Waals surface area contributed by atoms with Crippen LogP contribution in [0.25, 0.3) is 0 Å². The number of oxime groups is 1. The van der Waals surface area contributed by atoms with Gasteiger partial charge in [0.25, 0.3) is 5.69 Å². The molecule has 1 aromatic carbocycles. The summed E-state index contributed by atoms with van der Waals surface area (Å²) in [6.45, 7) is 17.1. The predicted octanol–water partition coefficient (Wildman–Crippen LogP) is 9.15. The highest BCUT2D eigenvalue weighted by Crippen LogP contribution is 2.77. The van der Waals surface area contributed by atoms with E-state index in [1.807, 2.05) is 0 Å². The van der Waals surface area contributed by atoms with Crippen LogP contribution in [-0.4, -0.2) is 21.7 Å². The van der Waals surface area contributed by atoms with Gasteiger partial charge in [0.1, 0.15) is 0 Å². The Balaban J connectivity index is 1.28. The zero-order valence-corrected chi connectivity index (χ0v) is 27.3. The van der Waals surface area contributed by atoms with E-state index < -0.39 is 16.3 Å². The molecule has 5 saturated carbocycles. The summed E-state index contributed by atoms with van der Waals surface area (Å²) in [5.41, 5.74) is 1.02. The normalized spacial score (nSPS) is 44.2. The average molecular weight is 593 g/mol. The van der Waals surface area contributed by atoms with E-state index in [0.717, 1.165) is 57.1 Å². The quantitative estimate of drug-likeness (QED) is 0.271. The zero-order valence-electron chi connectivity index (χ0n) is 27.3. The minimum Gasteiger partial charge on any atom is -0.481 e. The molecule has 0 spiro atoms. The third kappa shape index (κ3) is 4.18. The molecule has 7 nitrogen and oxygen atoms in total. The van der Waals surface area contributed by atoms with Crippen LogP contribution in [0.5, 0.6) is 5.75 Å². The number of aliphatic carboxylic acids is 1. The van der Waals surface area contributed by atoms with Crippen LogP contribution in [-0.2, 0) is 4.79 Å². The smallest absolute Gasteiger partial charge is 0.309 e. The molecule has 236 valence electrons. The molecular formula is C36H52N2O5. The molecule has 0 amide bonds. The highest BCUT2D eigenvalue weighted by molar-refractivity contribution is 5.90. The van der Waals surface area contributed by atoms with Crippen LogP contribution in [0.3, 0.4) is 0 Å². The second-order valence-electron chi connectivity index (χ2n) is 16.7. The Morgan fingerprint density at radius 3 is 2.26 bits per heavy atom. The summed E-state index contributed by atoms with van der Waals surface area (Å²) in [6.07, 6.45) is 10.5. The maximum Gasteiger partial charge on any atom is 0.309 e. The lowest BCUT2D eigenvalue weighted by atomic mass is 9.32. The van der Waals surface area contributed by atoms with Gasteiger partial charge in [0.05, 0.1) is 16.0 Å². The van der Waals surface area contributed by atoms with Gasteiger partial charge < -0.3 is 9.94 Å². The van der Waals surface area contributed by atoms with Crippen LogP contribution in [0, 0.1) is 72.7 Å². The fourth-order valence-electron chi connectivity index (χ4n) is 12.5. The minimum absolute atomic E-state index is 0.0433. The fourth-order valence-corrected chi connectivity index (χ4v) is 12.5. The summed E-state index contributed by atoms with van der Waals surface area (Å²) in [5.74, 6) is 2.90. The first-order chi connectivity index (χ1) is 20.1. The van der Waals surface area contributed by atoms with Crippen LogP contribution in [0.1, 0.15) is 113 Å². The first-order valence-electron chi connectivity index (χ1n) is 16.8. The number of carboxylic acids is 1. The number of rotatable bonds is 5. The molecule has 5 fully saturated rings. The van der Waals surface area contributed by atoms with Crippen molar-refractivity contribution in [3.63, 3.8) is 0 Å². The van der Waals surface area contributed by atoms with Crippen molar-refractivity contribution in [2.75, 3.05) is 0 Å². The molecular weight excluding hydrogens is 540 g/mol. The summed E-state index contributed by atoms with van der Waals surface area (Å²) in [6, 6.07) is 6.14. The Labute approximate surface area is 257 Å². The van der Waals surface area contributed by atoms with Crippen molar-refractivity contribution in [3.05, 3.63) is 34.4 Å². The fraction of sp³-hybridized carbons (Fsp3) is 0.778. The Kier molecular flexibility index (Phi) is 7.14. The van der Waals surface area contributed by atoms with Crippen LogP contribution < -0.4 is 4.84 Å². The first kappa shape index (κ1) is 30.6. The van der Waals surface area contributed by atoms with Crippen molar-refractivity contribution in [1.82, 2.24) is 0 Å². The Morgan fingerprint density at radius 1 is 0.930 bits per heavy atom. The number of nitro benzene ring substituents is 1. The molecule has 0 bridgehead atoms. The number of hydrogen-bond acceptors (Lipinski definition) is 5. The molecule has 7 heteroatoms. The summed E-state index contributed by atoms with van der Waals surface area (Å²) in [5, 5.41) is 26.4. The Bertz CT molecular complexity index is 1320. The average Bonchev–Trinajstić information content (AvgIpc) is 3.35. The Morgan fingerprint density at radius 2 is 1.63 bits per heavy atom. The molecule has 0 unspecified atom stereocenters. The van der Waals surface area contributed by atoms with E-state index in [-0.39, 0.29) is 27.3 Å². The highest BCUT2D eigenvalue weighted by Gasteiger charge is 2.72. The molecule has 0 radical (unpaired) electrons. The van der Waals surface area contributed by atoms with Gasteiger partial charge in [-0.1, -0.05) is 53.6 Å². The molecule has 5 aliphatic rings. The lowest BCUT2D eigenvalue weighted by Gasteiger charge is -2.72. The molecule has 1 aromatic rings. The van der Waals surface area contributed by atoms with E-state index in [0.29, 0.717) is 41.3 Å². The van der Waals surface area contributed by atoms with Crippen molar-refractivity contribution in [1.29, 1.82) is 0 Å². The molecule has 0 heterocycles. The molecule has 43 heavy (non-hydrogen) atoms. The summed E-state index contributed by atoms with van der Waals surface area (Å²) >= 11 is 0. The maximum atomic E-state index is 12.9. The summed E-state index contributed by atoms with van der Waals surface area (Å²) in [7, 11) is 0. The number of nitrogens with zero attached hydrogens (tertiary/aromatic N) is 2. The van der Waals surface area contributed by atoms with Crippen LogP contribution in [0.4, 0.5) is 5.69 Å². The number of hydrogen-bond donors (Lipinski definition) is 1. The lowest BCUT2D eigenvalue weighted by Crippen LogP contribution is -2.66. The van der Waals surface area contributed by atoms with Gasteiger partial charge in [-0.25, -0.2) is 0 Å². The van der Waals surface area contributed by atoms with Gasteiger partial charge in [0.2, 0.25) is 0 Å². The number of non-ortho nitro benzene ring substituents is 1. The number of nitro groups is 1. The van der Waals surface area contributed by atoms with Crippen molar-refractivity contribution in [3.8, 4) is 5.75 Å². The van der Waals surface area contributed by atoms with Gasteiger partial charge in [-0.2, -0.15) is 0 Å². The number of carboxylic acid groups (broad SMARTS) is 1. The molecule has 6 rings (SSSR count).